The van der Waals surface area contributed by atoms with Crippen molar-refractivity contribution >= 4 is 11.6 Å². The molecule has 0 aliphatic carbocycles. The summed E-state index contributed by atoms with van der Waals surface area (Å²) in [4.78, 5) is 32.8. The molecule has 5 rings (SSSR count). The number of nitrogens with one attached hydrogen (secondary N) is 2. The number of benzene rings is 2. The molecule has 0 fully saturated rings. The molecular formula is C27H30N4O2. The number of carbonyl (C=O) groups excluding carboxylic acids is 1. The molecule has 0 saturated carbocycles. The Labute approximate surface area is 194 Å². The lowest BCUT2D eigenvalue weighted by atomic mass is 9.99. The van der Waals surface area contributed by atoms with Crippen molar-refractivity contribution in [1.82, 2.24) is 15.2 Å². The SMILES string of the molecule is CN1CCCc2cc(CNC(=O)c3ccc(CN4CCc5ccccc5C4)[nH]c3=O)ccc21. The van der Waals surface area contributed by atoms with Crippen molar-refractivity contribution in [2.24, 2.45) is 0 Å². The molecule has 2 aliphatic heterocycles. The summed E-state index contributed by atoms with van der Waals surface area (Å²) in [5.74, 6) is -0.343. The highest BCUT2D eigenvalue weighted by Gasteiger charge is 2.18. The quantitative estimate of drug-likeness (QED) is 0.637. The van der Waals surface area contributed by atoms with Crippen LogP contribution in [0.25, 0.3) is 0 Å². The fraction of sp³-hybridized carbons (Fsp3) is 0.333. The number of aromatic nitrogens is 1. The van der Waals surface area contributed by atoms with Crippen molar-refractivity contribution < 1.29 is 4.79 Å². The van der Waals surface area contributed by atoms with E-state index in [2.05, 4.69) is 63.5 Å². The molecule has 3 heterocycles. The first-order chi connectivity index (χ1) is 16.1. The molecule has 0 spiro atoms. The van der Waals surface area contributed by atoms with Crippen LogP contribution in [-0.4, -0.2) is 35.9 Å². The summed E-state index contributed by atoms with van der Waals surface area (Å²) in [5.41, 5.74) is 7.02. The number of anilines is 1. The fourth-order valence-corrected chi connectivity index (χ4v) is 4.94. The Morgan fingerprint density at radius 3 is 2.70 bits per heavy atom. The van der Waals surface area contributed by atoms with Crippen LogP contribution >= 0.6 is 0 Å². The molecule has 33 heavy (non-hydrogen) atoms. The fourth-order valence-electron chi connectivity index (χ4n) is 4.94. The van der Waals surface area contributed by atoms with Crippen molar-refractivity contribution in [2.75, 3.05) is 25.0 Å². The Kier molecular flexibility index (Phi) is 6.01. The van der Waals surface area contributed by atoms with Gasteiger partial charge in [0, 0.05) is 51.2 Å². The molecule has 0 bridgehead atoms. The van der Waals surface area contributed by atoms with Gasteiger partial charge < -0.3 is 15.2 Å². The van der Waals surface area contributed by atoms with Gasteiger partial charge in [0.25, 0.3) is 11.5 Å². The van der Waals surface area contributed by atoms with E-state index in [4.69, 9.17) is 0 Å². The molecule has 0 atom stereocenters. The maximum Gasteiger partial charge on any atom is 0.261 e. The van der Waals surface area contributed by atoms with Crippen molar-refractivity contribution in [2.45, 2.75) is 38.9 Å². The van der Waals surface area contributed by atoms with Gasteiger partial charge in [0.2, 0.25) is 0 Å². The molecule has 1 aromatic heterocycles. The van der Waals surface area contributed by atoms with E-state index >= 15 is 0 Å². The Bertz CT molecular complexity index is 1230. The Balaban J connectivity index is 1.21. The zero-order valence-electron chi connectivity index (χ0n) is 19.1. The van der Waals surface area contributed by atoms with Gasteiger partial charge in [0.15, 0.2) is 0 Å². The van der Waals surface area contributed by atoms with Crippen LogP contribution in [0.15, 0.2) is 59.4 Å². The van der Waals surface area contributed by atoms with E-state index in [0.29, 0.717) is 13.1 Å². The molecule has 1 amide bonds. The second kappa shape index (κ2) is 9.24. The lowest BCUT2D eigenvalue weighted by Crippen LogP contribution is -2.32. The Morgan fingerprint density at radius 2 is 1.85 bits per heavy atom. The first-order valence-electron chi connectivity index (χ1n) is 11.7. The lowest BCUT2D eigenvalue weighted by Gasteiger charge is -2.28. The van der Waals surface area contributed by atoms with Crippen LogP contribution in [0.4, 0.5) is 5.69 Å². The summed E-state index contributed by atoms with van der Waals surface area (Å²) in [7, 11) is 2.11. The first-order valence-corrected chi connectivity index (χ1v) is 11.7. The number of aryl methyl sites for hydroxylation is 1. The number of rotatable bonds is 5. The van der Waals surface area contributed by atoms with E-state index in [1.807, 2.05) is 12.1 Å². The average Bonchev–Trinajstić information content (AvgIpc) is 2.83. The molecule has 0 radical (unpaired) electrons. The number of pyridine rings is 1. The van der Waals surface area contributed by atoms with Gasteiger partial charge in [-0.15, -0.1) is 0 Å². The van der Waals surface area contributed by atoms with Crippen molar-refractivity contribution in [3.8, 4) is 0 Å². The molecule has 3 aromatic rings. The largest absolute Gasteiger partial charge is 0.374 e. The van der Waals surface area contributed by atoms with E-state index in [1.54, 1.807) is 6.07 Å². The minimum absolute atomic E-state index is 0.153. The summed E-state index contributed by atoms with van der Waals surface area (Å²) >= 11 is 0. The monoisotopic (exact) mass is 442 g/mol. The third-order valence-corrected chi connectivity index (χ3v) is 6.77. The van der Waals surface area contributed by atoms with Crippen LogP contribution < -0.4 is 15.8 Å². The molecule has 6 nitrogen and oxygen atoms in total. The van der Waals surface area contributed by atoms with Crippen LogP contribution in [0, 0.1) is 0 Å². The Morgan fingerprint density at radius 1 is 1.00 bits per heavy atom. The van der Waals surface area contributed by atoms with Gasteiger partial charge in [0.1, 0.15) is 5.56 Å². The molecule has 2 N–H and O–H groups in total. The number of amides is 1. The Hall–Kier alpha value is -3.38. The second-order valence-corrected chi connectivity index (χ2v) is 9.13. The summed E-state index contributed by atoms with van der Waals surface area (Å²) in [6, 6.07) is 18.3. The number of carbonyl (C=O) groups is 1. The minimum Gasteiger partial charge on any atom is -0.374 e. The molecule has 170 valence electrons. The van der Waals surface area contributed by atoms with E-state index < -0.39 is 0 Å². The standard InChI is InChI=1S/C27H30N4O2/c1-30-13-4-7-21-15-19(8-11-25(21)30)16-28-26(32)24-10-9-23(29-27(24)33)18-31-14-12-20-5-2-3-6-22(20)17-31/h2-3,5-6,8-11,15H,4,7,12-14,16-18H2,1H3,(H,28,32)(H,29,33). The normalized spacial score (nSPS) is 15.6. The van der Waals surface area contributed by atoms with Crippen molar-refractivity contribution in [3.05, 3.63) is 98.5 Å². The van der Waals surface area contributed by atoms with Crippen LogP contribution in [-0.2, 0) is 32.5 Å². The molecular weight excluding hydrogens is 412 g/mol. The smallest absolute Gasteiger partial charge is 0.261 e. The predicted octanol–water partition coefficient (Wildman–Crippen LogP) is 3.25. The summed E-state index contributed by atoms with van der Waals surface area (Å²) in [6.45, 7) is 3.97. The maximum atomic E-state index is 12.7. The van der Waals surface area contributed by atoms with Crippen molar-refractivity contribution in [3.63, 3.8) is 0 Å². The first kappa shape index (κ1) is 21.5. The van der Waals surface area contributed by atoms with Crippen LogP contribution in [0.1, 0.15) is 44.7 Å². The van der Waals surface area contributed by atoms with Crippen LogP contribution in [0.2, 0.25) is 0 Å². The number of hydrogen-bond acceptors (Lipinski definition) is 4. The zero-order chi connectivity index (χ0) is 22.8. The third kappa shape index (κ3) is 4.71. The average molecular weight is 443 g/mol. The summed E-state index contributed by atoms with van der Waals surface area (Å²) in [5, 5.41) is 2.90. The van der Waals surface area contributed by atoms with Crippen LogP contribution in [0.5, 0.6) is 0 Å². The molecule has 0 unspecified atom stereocenters. The van der Waals surface area contributed by atoms with E-state index in [1.165, 1.54) is 22.4 Å². The number of H-pyrrole nitrogens is 1. The van der Waals surface area contributed by atoms with Gasteiger partial charge in [0.05, 0.1) is 0 Å². The van der Waals surface area contributed by atoms with E-state index in [0.717, 1.165) is 50.2 Å². The molecule has 6 heteroatoms. The highest BCUT2D eigenvalue weighted by atomic mass is 16.2. The van der Waals surface area contributed by atoms with Gasteiger partial charge in [-0.05, 0) is 59.7 Å². The van der Waals surface area contributed by atoms with Gasteiger partial charge in [-0.1, -0.05) is 36.4 Å². The molecule has 2 aliphatic rings. The van der Waals surface area contributed by atoms with Crippen molar-refractivity contribution in [1.29, 1.82) is 0 Å². The van der Waals surface area contributed by atoms with Gasteiger partial charge in [-0.3, -0.25) is 14.5 Å². The zero-order valence-corrected chi connectivity index (χ0v) is 19.1. The summed E-state index contributed by atoms with van der Waals surface area (Å²) < 4.78 is 0. The number of fused-ring (bicyclic) bond motifs is 2. The van der Waals surface area contributed by atoms with Gasteiger partial charge >= 0.3 is 0 Å². The van der Waals surface area contributed by atoms with E-state index in [9.17, 15) is 9.59 Å². The maximum absolute atomic E-state index is 12.7. The predicted molar refractivity (Wildman–Crippen MR) is 131 cm³/mol. The number of aromatic amines is 1. The molecule has 0 saturated heterocycles. The minimum atomic E-state index is -0.343. The van der Waals surface area contributed by atoms with Gasteiger partial charge in [-0.2, -0.15) is 0 Å². The number of hydrogen-bond donors (Lipinski definition) is 2. The highest BCUT2D eigenvalue weighted by Crippen LogP contribution is 2.26. The second-order valence-electron chi connectivity index (χ2n) is 9.13. The lowest BCUT2D eigenvalue weighted by molar-refractivity contribution is 0.0949. The van der Waals surface area contributed by atoms with Gasteiger partial charge in [-0.25, -0.2) is 0 Å². The van der Waals surface area contributed by atoms with Crippen LogP contribution in [0.3, 0.4) is 0 Å². The topological polar surface area (TPSA) is 68.4 Å². The highest BCUT2D eigenvalue weighted by molar-refractivity contribution is 5.93. The number of nitrogens with zero attached hydrogens (tertiary/aromatic N) is 2. The summed E-state index contributed by atoms with van der Waals surface area (Å²) in [6.07, 6.45) is 3.22. The molecule has 2 aromatic carbocycles. The van der Waals surface area contributed by atoms with E-state index in [-0.39, 0.29) is 17.0 Å². The third-order valence-electron chi connectivity index (χ3n) is 6.77.